The van der Waals surface area contributed by atoms with E-state index in [0.29, 0.717) is 46.0 Å². The van der Waals surface area contributed by atoms with E-state index in [9.17, 15) is 48.6 Å². The Morgan fingerprint density at radius 1 is 0.492 bits per heavy atom. The van der Waals surface area contributed by atoms with Gasteiger partial charge in [0.15, 0.2) is 5.78 Å². The van der Waals surface area contributed by atoms with Crippen molar-refractivity contribution in [1.82, 2.24) is 72.0 Å². The van der Waals surface area contributed by atoms with Crippen molar-refractivity contribution in [2.24, 2.45) is 17.6 Å². The first-order valence-electron chi connectivity index (χ1n) is 42.9. The third kappa shape index (κ3) is 31.0. The van der Waals surface area contributed by atoms with Crippen LogP contribution in [0, 0.1) is 11.8 Å². The molecule has 2 heterocycles. The molecule has 0 spiro atoms. The van der Waals surface area contributed by atoms with E-state index in [2.05, 4.69) is 47.5 Å². The van der Waals surface area contributed by atoms with Crippen molar-refractivity contribution in [1.29, 1.82) is 0 Å². The van der Waals surface area contributed by atoms with Crippen molar-refractivity contribution < 1.29 is 86.9 Å². The van der Waals surface area contributed by atoms with Gasteiger partial charge in [0.25, 0.3) is 6.47 Å². The number of nitrogens with zero attached hydrogens (tertiary/aromatic N) is 5. The molecular formula is C94H121N15O18S. The van der Waals surface area contributed by atoms with Crippen molar-refractivity contribution in [3.63, 3.8) is 0 Å². The number of Topliss-reactive ketones (excluding diaryl/α,β-unsaturated/α-hetero) is 1. The number of fused-ring (bicyclic) bond motifs is 1. The van der Waals surface area contributed by atoms with Gasteiger partial charge in [0.1, 0.15) is 66.4 Å². The third-order valence-electron chi connectivity index (χ3n) is 22.3. The Morgan fingerprint density at radius 2 is 0.977 bits per heavy atom. The maximum absolute atomic E-state index is 15.5. The normalized spacial score (nSPS) is 22.1. The summed E-state index contributed by atoms with van der Waals surface area (Å²) < 4.78 is 5.07. The number of amides is 13. The number of nitrogens with one attached hydrogen (secondary N) is 9. The molecule has 0 aliphatic carbocycles. The Balaban J connectivity index is 1.20. The van der Waals surface area contributed by atoms with Crippen molar-refractivity contribution in [2.45, 2.75) is 178 Å². The number of unbranched alkanes of at least 4 members (excludes halogenated alkanes) is 1. The van der Waals surface area contributed by atoms with Crippen LogP contribution in [0.15, 0.2) is 170 Å². The number of H-pyrrole nitrogens is 1. The number of ketones is 1. The largest absolute Gasteiger partial charge is 0.508 e. The minimum atomic E-state index is -1.70. The molecule has 0 bridgehead atoms. The molecule has 33 nitrogen and oxygen atoms in total. The van der Waals surface area contributed by atoms with Crippen LogP contribution in [0.2, 0.25) is 0 Å². The number of phenols is 2. The van der Waals surface area contributed by atoms with Gasteiger partial charge in [-0.1, -0.05) is 181 Å². The number of likely N-dealkylation sites (N-methyl/N-ethyl adjacent to an activating group) is 5. The van der Waals surface area contributed by atoms with E-state index in [0.717, 1.165) is 37.6 Å². The topological polar surface area (TPSA) is 460 Å². The van der Waals surface area contributed by atoms with Gasteiger partial charge < -0.3 is 87.8 Å². The summed E-state index contributed by atoms with van der Waals surface area (Å²) in [7, 11) is 7.17. The molecule has 1 fully saturated rings. The smallest absolute Gasteiger partial charge is 0.293 e. The Labute approximate surface area is 750 Å². The highest BCUT2D eigenvalue weighted by molar-refractivity contribution is 8.00. The van der Waals surface area contributed by atoms with E-state index in [-0.39, 0.29) is 93.3 Å². The van der Waals surface area contributed by atoms with Crippen LogP contribution in [0.25, 0.3) is 10.9 Å². The van der Waals surface area contributed by atoms with Crippen molar-refractivity contribution in [3.05, 3.63) is 203 Å². The third-order valence-corrected chi connectivity index (χ3v) is 23.3. The molecule has 11 atom stereocenters. The number of benzene rings is 6. The summed E-state index contributed by atoms with van der Waals surface area (Å²) in [6.45, 7) is 6.59. The number of nitrogens with two attached hydrogens (primary N) is 1. The van der Waals surface area contributed by atoms with Gasteiger partial charge in [0.05, 0.1) is 30.9 Å². The molecule has 0 radical (unpaired) electrons. The van der Waals surface area contributed by atoms with E-state index >= 15 is 33.6 Å². The number of thioether (sulfide) groups is 1. The standard InChI is InChI=1S/C94H121N15O18S/c1-11-12-32-77-92(124)107(8)53-83(116)99-75(54-127-57-110)89(121)104-85(59(4)5)94(126)109(10)78(47-61-26-18-14-19-27-61)90(122)102-74(46-64-35-39-68(112)40-36-64)91(123)106(7)52-82(115)98-73(49-65-50-96-70-31-23-22-30-69(65)70)88(120)101-72(45-63-33-37-67(111)38-34-63)87(119)100-71(43-58(2)3)86(118)103-76(80(113)41-42-81(95)114)55-128-56-84(117)97-66(44-60-24-16-13-17-25-60)51-105(6)79(93(125)108(77)9)48-62-28-20-15-21-29-62/h13-31,33-40,50,57-59,66,71-79,85,96,111-112H,11-12,32,41-49,51-56H2,1-10H3,(H2,95,114)(H,97,117)(H,98,115)(H,99,116)(H,100,119)(H,101,120)(H,102,122)(H,103,118)(H,104,121)/t66-,71-,72-,73-,74-,75-,76-,77-,78-,79-,85-/m0/s1. The van der Waals surface area contributed by atoms with Crippen LogP contribution in [-0.4, -0.2) is 268 Å². The lowest BCUT2D eigenvalue weighted by Crippen LogP contribution is -2.61. The number of primary amides is 1. The number of aromatic amines is 1. The summed E-state index contributed by atoms with van der Waals surface area (Å²) in [5.74, 6) is -12.9. The lowest BCUT2D eigenvalue weighted by Gasteiger charge is -2.37. The van der Waals surface area contributed by atoms with Gasteiger partial charge in [-0.15, -0.1) is 11.8 Å². The van der Waals surface area contributed by atoms with Gasteiger partial charge in [0.2, 0.25) is 76.8 Å². The van der Waals surface area contributed by atoms with E-state index in [4.69, 9.17) is 10.5 Å². The molecule has 128 heavy (non-hydrogen) atoms. The van der Waals surface area contributed by atoms with Crippen LogP contribution in [0.4, 0.5) is 0 Å². The minimum absolute atomic E-state index is 0.0339. The van der Waals surface area contributed by atoms with Gasteiger partial charge in [-0.05, 0) is 108 Å². The monoisotopic (exact) mass is 1780 g/mol. The maximum Gasteiger partial charge on any atom is 0.293 e. The minimum Gasteiger partial charge on any atom is -0.508 e. The zero-order valence-electron chi connectivity index (χ0n) is 74.1. The van der Waals surface area contributed by atoms with Crippen LogP contribution >= 0.6 is 11.8 Å². The second kappa shape index (κ2) is 49.8. The molecule has 7 aromatic rings. The van der Waals surface area contributed by atoms with Crippen LogP contribution in [0.1, 0.15) is 107 Å². The molecule has 0 unspecified atom stereocenters. The summed E-state index contributed by atoms with van der Waals surface area (Å²) >= 11 is 0.985. The number of carbonyl (C=O) groups is 15. The lowest BCUT2D eigenvalue weighted by atomic mass is 9.98. The molecule has 1 aliphatic rings. The Hall–Kier alpha value is -13.0. The van der Waals surface area contributed by atoms with Crippen molar-refractivity contribution >= 4 is 112 Å². The number of phenolic OH excluding ortho intramolecular Hbond substituents is 2. The second-order valence-corrected chi connectivity index (χ2v) is 34.3. The highest BCUT2D eigenvalue weighted by Gasteiger charge is 2.41. The van der Waals surface area contributed by atoms with Crippen LogP contribution in [0.5, 0.6) is 11.5 Å². The number of ether oxygens (including phenoxy) is 1. The van der Waals surface area contributed by atoms with Crippen molar-refractivity contribution in [2.75, 3.05) is 73.0 Å². The molecule has 1 saturated heterocycles. The number of carbonyl (C=O) groups excluding carboxylic acids is 15. The highest BCUT2D eigenvalue weighted by atomic mass is 32.2. The number of hydrogen-bond acceptors (Lipinski definition) is 20. The van der Waals surface area contributed by atoms with Gasteiger partial charge in [-0.2, -0.15) is 0 Å². The molecular weight excluding hydrogens is 1660 g/mol. The van der Waals surface area contributed by atoms with Gasteiger partial charge in [0, 0.05) is 102 Å². The summed E-state index contributed by atoms with van der Waals surface area (Å²) in [6, 6.07) is 30.7. The van der Waals surface area contributed by atoms with Gasteiger partial charge in [-0.3, -0.25) is 76.8 Å². The molecule has 1 aliphatic heterocycles. The zero-order chi connectivity index (χ0) is 93.3. The zero-order valence-corrected chi connectivity index (χ0v) is 74.9. The summed E-state index contributed by atoms with van der Waals surface area (Å²) in [5, 5.41) is 43.8. The van der Waals surface area contributed by atoms with E-state index < -0.39 is 187 Å². The first-order valence-corrected chi connectivity index (χ1v) is 44.1. The molecule has 8 rings (SSSR count). The molecule has 1 aromatic heterocycles. The van der Waals surface area contributed by atoms with E-state index in [1.165, 1.54) is 81.6 Å². The second-order valence-electron chi connectivity index (χ2n) is 33.3. The predicted octanol–water partition coefficient (Wildman–Crippen LogP) is 3.73. The van der Waals surface area contributed by atoms with Crippen LogP contribution < -0.4 is 48.3 Å². The average Bonchev–Trinajstić information content (AvgIpc) is 1.62. The quantitative estimate of drug-likeness (QED) is 0.0363. The molecule has 0 saturated carbocycles. The van der Waals surface area contributed by atoms with Crippen LogP contribution in [0.3, 0.4) is 0 Å². The Morgan fingerprint density at radius 3 is 1.53 bits per heavy atom. The number of aromatic nitrogens is 1. The van der Waals surface area contributed by atoms with E-state index in [1.807, 2.05) is 67.6 Å². The first kappa shape index (κ1) is 100. The average molecular weight is 1780 g/mol. The van der Waals surface area contributed by atoms with Crippen molar-refractivity contribution in [3.8, 4) is 11.5 Å². The molecule has 13 N–H and O–H groups in total. The number of aromatic hydroxyl groups is 2. The Bertz CT molecular complexity index is 4930. The summed E-state index contributed by atoms with van der Waals surface area (Å²) in [4.78, 5) is 229. The summed E-state index contributed by atoms with van der Waals surface area (Å²) in [5.41, 5.74) is 9.74. The SMILES string of the molecule is CCCC[C@H]1C(=O)N(C)CC(=O)N[C@@H](COC=O)C(=O)N[C@@H](C(C)C)C(=O)N(C)[C@@H](Cc2ccccc2)C(=O)N[C@@H](Cc2ccc(O)cc2)C(=O)N(C)CC(=O)N[C@@H](Cc2c[nH]c3ccccc23)C(=O)N[C@@H](Cc2ccc(O)cc2)C(=O)N[C@@H](CC(C)C)C(=O)N[C@H](C(=O)CCC(N)=O)CSCC(=O)N[C@@H](Cc2ccccc2)CN(C)[C@@H](Cc2ccccc2)C(=O)N1C. The fourth-order valence-electron chi connectivity index (χ4n) is 15.2. The van der Waals surface area contributed by atoms with Gasteiger partial charge in [-0.25, -0.2) is 0 Å². The Kier molecular flexibility index (Phi) is 39.1. The highest BCUT2D eigenvalue weighted by Crippen LogP contribution is 2.25. The van der Waals surface area contributed by atoms with E-state index in [1.54, 1.807) is 100 Å². The number of hydrogen-bond donors (Lipinski definition) is 12. The lowest BCUT2D eigenvalue weighted by molar-refractivity contribution is -0.148. The fraction of sp³-hybridized carbons (Fsp3) is 0.436. The molecule has 6 aromatic carbocycles. The number of para-hydroxylation sites is 1. The van der Waals surface area contributed by atoms with Crippen LogP contribution in [-0.2, 0) is 115 Å². The maximum atomic E-state index is 15.5. The number of rotatable bonds is 25. The summed E-state index contributed by atoms with van der Waals surface area (Å²) in [6.07, 6.45) is 1.44. The first-order chi connectivity index (χ1) is 61.1. The fourth-order valence-corrected chi connectivity index (χ4v) is 16.1. The molecule has 34 heteroatoms. The predicted molar refractivity (Wildman–Crippen MR) is 483 cm³/mol. The molecule has 13 amide bonds. The molecule has 686 valence electrons. The van der Waals surface area contributed by atoms with Gasteiger partial charge >= 0.3 is 0 Å².